The highest BCUT2D eigenvalue weighted by Gasteiger charge is 2.23. The van der Waals surface area contributed by atoms with Crippen LogP contribution >= 0.6 is 0 Å². The molecule has 1 aliphatic rings. The second kappa shape index (κ2) is 7.88. The minimum atomic E-state index is 0.187. The van der Waals surface area contributed by atoms with Gasteiger partial charge < -0.3 is 15.0 Å². The van der Waals surface area contributed by atoms with Gasteiger partial charge in [-0.25, -0.2) is 5.84 Å². The predicted molar refractivity (Wildman–Crippen MR) is 69.9 cm³/mol. The number of nitrogens with zero attached hydrogens (tertiary/aromatic N) is 2. The number of hydrazine groups is 1. The smallest absolute Gasteiger partial charge is 0.222 e. The van der Waals surface area contributed by atoms with E-state index in [1.54, 1.807) is 19.1 Å². The first-order valence-corrected chi connectivity index (χ1v) is 6.18. The molecule has 1 heterocycles. The van der Waals surface area contributed by atoms with Crippen LogP contribution in [-0.4, -0.2) is 56.7 Å². The number of piperidine rings is 1. The number of carbonyl (C=O) groups excluding carboxylic acids is 1. The van der Waals surface area contributed by atoms with Crippen LogP contribution < -0.4 is 16.6 Å². The van der Waals surface area contributed by atoms with Crippen molar-refractivity contribution in [3.63, 3.8) is 0 Å². The number of ether oxygens (including phenoxy) is 1. The van der Waals surface area contributed by atoms with Crippen LogP contribution in [-0.2, 0) is 9.53 Å². The van der Waals surface area contributed by atoms with Gasteiger partial charge in [0.1, 0.15) is 0 Å². The molecule has 0 aromatic rings. The fourth-order valence-corrected chi connectivity index (χ4v) is 1.86. The van der Waals surface area contributed by atoms with Crippen LogP contribution in [0, 0.1) is 0 Å². The van der Waals surface area contributed by atoms with Crippen molar-refractivity contribution in [2.24, 2.45) is 10.8 Å². The second-order valence-corrected chi connectivity index (χ2v) is 4.38. The highest BCUT2D eigenvalue weighted by atomic mass is 16.5. The molecule has 0 aromatic carbocycles. The number of methoxy groups -OCH3 is 1. The van der Waals surface area contributed by atoms with E-state index < -0.39 is 0 Å². The number of hydrogen-bond acceptors (Lipinski definition) is 4. The van der Waals surface area contributed by atoms with Gasteiger partial charge in [0.05, 0.1) is 0 Å². The van der Waals surface area contributed by atoms with Crippen molar-refractivity contribution in [2.45, 2.75) is 25.3 Å². The average Bonchev–Trinajstić information content (AvgIpc) is 2.37. The van der Waals surface area contributed by atoms with Gasteiger partial charge in [-0.05, 0) is 12.8 Å². The number of nitrogens with one attached hydrogen (secondary N) is 2. The molecule has 0 aromatic heterocycles. The number of amides is 1. The van der Waals surface area contributed by atoms with Crippen LogP contribution in [0.4, 0.5) is 0 Å². The lowest BCUT2D eigenvalue weighted by Crippen LogP contribution is -2.53. The minimum absolute atomic E-state index is 0.187. The third-order valence-corrected chi connectivity index (χ3v) is 2.88. The molecule has 0 saturated carbocycles. The fourth-order valence-electron chi connectivity index (χ4n) is 1.86. The van der Waals surface area contributed by atoms with Crippen LogP contribution in [0.15, 0.2) is 4.99 Å². The highest BCUT2D eigenvalue weighted by molar-refractivity contribution is 5.80. The van der Waals surface area contributed by atoms with E-state index in [9.17, 15) is 4.79 Å². The molecule has 104 valence electrons. The summed E-state index contributed by atoms with van der Waals surface area (Å²) in [5.41, 5.74) is 2.55. The van der Waals surface area contributed by atoms with Crippen LogP contribution in [0.25, 0.3) is 0 Å². The third kappa shape index (κ3) is 4.89. The Labute approximate surface area is 108 Å². The summed E-state index contributed by atoms with van der Waals surface area (Å²) in [6.45, 7) is 2.02. The molecule has 7 nitrogen and oxygen atoms in total. The topological polar surface area (TPSA) is 92.0 Å². The first-order chi connectivity index (χ1) is 8.67. The maximum absolute atomic E-state index is 11.4. The van der Waals surface area contributed by atoms with E-state index in [4.69, 9.17) is 10.6 Å². The summed E-state index contributed by atoms with van der Waals surface area (Å²) in [5, 5.41) is 3.21. The minimum Gasteiger partial charge on any atom is -0.385 e. The van der Waals surface area contributed by atoms with Crippen molar-refractivity contribution in [2.75, 3.05) is 33.9 Å². The maximum atomic E-state index is 11.4. The van der Waals surface area contributed by atoms with E-state index in [0.717, 1.165) is 12.8 Å². The maximum Gasteiger partial charge on any atom is 0.222 e. The lowest BCUT2D eigenvalue weighted by molar-refractivity contribution is -0.132. The van der Waals surface area contributed by atoms with Crippen LogP contribution in [0.1, 0.15) is 19.3 Å². The Morgan fingerprint density at radius 2 is 2.44 bits per heavy atom. The normalized spacial score (nSPS) is 21.1. The first kappa shape index (κ1) is 14.7. The van der Waals surface area contributed by atoms with Crippen LogP contribution in [0.2, 0.25) is 0 Å². The first-order valence-electron chi connectivity index (χ1n) is 6.18. The third-order valence-electron chi connectivity index (χ3n) is 2.88. The average molecular weight is 257 g/mol. The van der Waals surface area contributed by atoms with Crippen LogP contribution in [0.3, 0.4) is 0 Å². The SMILES string of the molecule is COCCCN=C(NN)NC1CCC(=O)N(C)C1. The monoisotopic (exact) mass is 257 g/mol. The van der Waals surface area contributed by atoms with Gasteiger partial charge in [-0.1, -0.05) is 0 Å². The Hall–Kier alpha value is -1.34. The van der Waals surface area contributed by atoms with Gasteiger partial charge in [-0.2, -0.15) is 0 Å². The molecule has 18 heavy (non-hydrogen) atoms. The number of likely N-dealkylation sites (tertiary alicyclic amines) is 1. The molecule has 1 amide bonds. The van der Waals surface area contributed by atoms with E-state index in [2.05, 4.69) is 15.7 Å². The summed E-state index contributed by atoms with van der Waals surface area (Å²) in [5.74, 6) is 6.17. The molecule has 1 unspecified atom stereocenters. The van der Waals surface area contributed by atoms with E-state index >= 15 is 0 Å². The van der Waals surface area contributed by atoms with Crippen molar-refractivity contribution in [3.8, 4) is 0 Å². The number of carbonyl (C=O) groups is 1. The predicted octanol–water partition coefficient (Wildman–Crippen LogP) is -0.947. The van der Waals surface area contributed by atoms with Gasteiger partial charge in [-0.15, -0.1) is 0 Å². The largest absolute Gasteiger partial charge is 0.385 e. The molecule has 0 aliphatic carbocycles. The molecule has 1 saturated heterocycles. The van der Waals surface area contributed by atoms with Crippen molar-refractivity contribution in [1.82, 2.24) is 15.6 Å². The fraction of sp³-hybridized carbons (Fsp3) is 0.818. The number of aliphatic imine (C=N–C) groups is 1. The lowest BCUT2D eigenvalue weighted by Gasteiger charge is -2.30. The Kier molecular flexibility index (Phi) is 6.45. The lowest BCUT2D eigenvalue weighted by atomic mass is 10.1. The number of likely N-dealkylation sites (N-methyl/N-ethyl adjacent to an activating group) is 1. The Morgan fingerprint density at radius 3 is 3.06 bits per heavy atom. The van der Waals surface area contributed by atoms with Gasteiger partial charge in [0.25, 0.3) is 0 Å². The summed E-state index contributed by atoms with van der Waals surface area (Å²) >= 11 is 0. The highest BCUT2D eigenvalue weighted by Crippen LogP contribution is 2.09. The standard InChI is InChI=1S/C11H23N5O2/c1-16-8-9(4-5-10(16)17)14-11(15-12)13-6-3-7-18-2/h9H,3-8,12H2,1-2H3,(H2,13,14,15). The van der Waals surface area contributed by atoms with Crippen molar-refractivity contribution in [1.29, 1.82) is 0 Å². The zero-order valence-corrected chi connectivity index (χ0v) is 11.1. The number of rotatable bonds is 5. The molecule has 0 radical (unpaired) electrons. The molecule has 7 heteroatoms. The van der Waals surface area contributed by atoms with Gasteiger partial charge >= 0.3 is 0 Å². The molecule has 1 aliphatic heterocycles. The molecule has 1 rings (SSSR count). The van der Waals surface area contributed by atoms with Crippen molar-refractivity contribution in [3.05, 3.63) is 0 Å². The summed E-state index contributed by atoms with van der Waals surface area (Å²) < 4.78 is 4.95. The van der Waals surface area contributed by atoms with E-state index in [1.807, 2.05) is 0 Å². The van der Waals surface area contributed by atoms with E-state index in [1.165, 1.54) is 0 Å². The summed E-state index contributed by atoms with van der Waals surface area (Å²) in [4.78, 5) is 17.4. The number of guanidine groups is 1. The molecule has 1 fully saturated rings. The number of hydrogen-bond donors (Lipinski definition) is 3. The molecule has 4 N–H and O–H groups in total. The zero-order chi connectivity index (χ0) is 13.4. The van der Waals surface area contributed by atoms with Gasteiger partial charge in [0.15, 0.2) is 0 Å². The molecule has 0 spiro atoms. The van der Waals surface area contributed by atoms with E-state index in [0.29, 0.717) is 32.1 Å². The van der Waals surface area contributed by atoms with Crippen LogP contribution in [0.5, 0.6) is 0 Å². The van der Waals surface area contributed by atoms with Gasteiger partial charge in [-0.3, -0.25) is 15.2 Å². The summed E-state index contributed by atoms with van der Waals surface area (Å²) in [7, 11) is 3.47. The second-order valence-electron chi connectivity index (χ2n) is 4.38. The molecular weight excluding hydrogens is 234 g/mol. The quantitative estimate of drug-likeness (QED) is 0.194. The van der Waals surface area contributed by atoms with Gasteiger partial charge in [0.2, 0.25) is 11.9 Å². The van der Waals surface area contributed by atoms with Crippen molar-refractivity contribution >= 4 is 11.9 Å². The Balaban J connectivity index is 2.35. The Bertz CT molecular complexity index is 295. The molecule has 1 atom stereocenters. The number of nitrogens with two attached hydrogens (primary N) is 1. The summed E-state index contributed by atoms with van der Waals surface area (Å²) in [6, 6.07) is 0.199. The molecular formula is C11H23N5O2. The van der Waals surface area contributed by atoms with Crippen molar-refractivity contribution < 1.29 is 9.53 Å². The Morgan fingerprint density at radius 1 is 1.67 bits per heavy atom. The molecule has 0 bridgehead atoms. The van der Waals surface area contributed by atoms with E-state index in [-0.39, 0.29) is 11.9 Å². The van der Waals surface area contributed by atoms with Gasteiger partial charge in [0, 0.05) is 46.3 Å². The zero-order valence-electron chi connectivity index (χ0n) is 11.1. The summed E-state index contributed by atoms with van der Waals surface area (Å²) in [6.07, 6.45) is 2.23.